The Morgan fingerprint density at radius 2 is 1.48 bits per heavy atom. The smallest absolute Gasteiger partial charge is 0.326 e. The van der Waals surface area contributed by atoms with E-state index in [1.165, 1.54) is 0 Å². The van der Waals surface area contributed by atoms with E-state index in [0.717, 1.165) is 30.7 Å². The van der Waals surface area contributed by atoms with Gasteiger partial charge in [0.15, 0.2) is 0 Å². The van der Waals surface area contributed by atoms with Crippen LogP contribution in [-0.2, 0) is 11.2 Å². The van der Waals surface area contributed by atoms with Crippen molar-refractivity contribution in [3.8, 4) is 0 Å². The van der Waals surface area contributed by atoms with E-state index in [-0.39, 0.29) is 12.3 Å². The van der Waals surface area contributed by atoms with Gasteiger partial charge in [-0.2, -0.15) is 0 Å². The normalized spacial score (nSPS) is 12.0. The van der Waals surface area contributed by atoms with Crippen molar-refractivity contribution in [3.05, 3.63) is 93.6 Å². The molecule has 29 heavy (non-hydrogen) atoms. The fourth-order valence-corrected chi connectivity index (χ4v) is 4.20. The van der Waals surface area contributed by atoms with Gasteiger partial charge in [0, 0.05) is 9.99 Å². The molecule has 0 aromatic heterocycles. The molecule has 0 bridgehead atoms. The maximum absolute atomic E-state index is 13.3. The van der Waals surface area contributed by atoms with Gasteiger partial charge in [-0.25, -0.2) is 4.79 Å². The molecule has 0 aliphatic heterocycles. The van der Waals surface area contributed by atoms with Gasteiger partial charge in [-0.1, -0.05) is 60.7 Å². The second-order valence-electron chi connectivity index (χ2n) is 6.89. The molecule has 1 atom stereocenters. The number of carbonyl (C=O) groups is 2. The maximum Gasteiger partial charge on any atom is 0.326 e. The Balaban J connectivity index is 1.74. The van der Waals surface area contributed by atoms with Crippen LogP contribution in [0.3, 0.4) is 0 Å². The van der Waals surface area contributed by atoms with Crippen LogP contribution < -0.4 is 5.32 Å². The minimum absolute atomic E-state index is 0.223. The number of halogens is 1. The highest BCUT2D eigenvalue weighted by atomic mass is 127. The highest BCUT2D eigenvalue weighted by Crippen LogP contribution is 2.28. The standard InChI is InChI=1S/C24H18INO3/c25-18-9-5-6-15(12-18)13-21(24(28)29)26-23(27)22-19-10-3-1-7-16(19)14-17-8-2-4-11-20(17)22/h1-12,14,21H,13H2,(H,26,27)(H,28,29)/t21-/m1/s1. The predicted octanol–water partition coefficient (Wildman–Crippen LogP) is 5.02. The molecule has 0 spiro atoms. The zero-order chi connectivity index (χ0) is 20.4. The summed E-state index contributed by atoms with van der Waals surface area (Å²) >= 11 is 2.19. The second-order valence-corrected chi connectivity index (χ2v) is 8.14. The molecule has 0 aliphatic rings. The van der Waals surface area contributed by atoms with Gasteiger partial charge in [0.25, 0.3) is 5.91 Å². The van der Waals surface area contributed by atoms with Gasteiger partial charge in [-0.05, 0) is 67.9 Å². The van der Waals surface area contributed by atoms with Crippen LogP contribution in [0.5, 0.6) is 0 Å². The number of carbonyl (C=O) groups excluding carboxylic acids is 1. The molecule has 0 fully saturated rings. The molecule has 4 aromatic rings. The Morgan fingerprint density at radius 3 is 2.07 bits per heavy atom. The first kappa shape index (κ1) is 19.4. The topological polar surface area (TPSA) is 66.4 Å². The summed E-state index contributed by atoms with van der Waals surface area (Å²) in [6, 6.07) is 24.0. The van der Waals surface area contributed by atoms with E-state index in [4.69, 9.17) is 0 Å². The van der Waals surface area contributed by atoms with Crippen molar-refractivity contribution in [2.75, 3.05) is 0 Å². The van der Waals surface area contributed by atoms with Crippen LogP contribution in [0.15, 0.2) is 78.9 Å². The van der Waals surface area contributed by atoms with Gasteiger partial charge in [-0.3, -0.25) is 4.79 Å². The molecule has 0 aliphatic carbocycles. The van der Waals surface area contributed by atoms with Gasteiger partial charge in [0.05, 0.1) is 5.56 Å². The maximum atomic E-state index is 13.3. The van der Waals surface area contributed by atoms with Crippen molar-refractivity contribution in [2.24, 2.45) is 0 Å². The lowest BCUT2D eigenvalue weighted by Gasteiger charge is -2.17. The van der Waals surface area contributed by atoms with Gasteiger partial charge in [0.2, 0.25) is 0 Å². The van der Waals surface area contributed by atoms with Gasteiger partial charge in [-0.15, -0.1) is 0 Å². The number of hydrogen-bond donors (Lipinski definition) is 2. The van der Waals surface area contributed by atoms with E-state index in [0.29, 0.717) is 5.56 Å². The molecule has 4 nitrogen and oxygen atoms in total. The first-order valence-corrected chi connectivity index (χ1v) is 10.3. The van der Waals surface area contributed by atoms with E-state index in [1.807, 2.05) is 78.9 Å². The SMILES string of the molecule is O=C(N[C@H](Cc1cccc(I)c1)C(=O)O)c1c2ccccc2cc2ccccc12. The van der Waals surface area contributed by atoms with E-state index >= 15 is 0 Å². The molecule has 0 saturated heterocycles. The van der Waals surface area contributed by atoms with Crippen molar-refractivity contribution < 1.29 is 14.7 Å². The van der Waals surface area contributed by atoms with E-state index in [9.17, 15) is 14.7 Å². The van der Waals surface area contributed by atoms with Crippen LogP contribution in [0.2, 0.25) is 0 Å². The first-order chi connectivity index (χ1) is 14.0. The molecule has 1 amide bonds. The summed E-state index contributed by atoms with van der Waals surface area (Å²) in [6.07, 6.45) is 0.223. The lowest BCUT2D eigenvalue weighted by atomic mass is 9.96. The minimum atomic E-state index is -1.05. The number of hydrogen-bond acceptors (Lipinski definition) is 2. The lowest BCUT2D eigenvalue weighted by molar-refractivity contribution is -0.139. The van der Waals surface area contributed by atoms with Crippen LogP contribution in [0.4, 0.5) is 0 Å². The Morgan fingerprint density at radius 1 is 0.862 bits per heavy atom. The van der Waals surface area contributed by atoms with Crippen molar-refractivity contribution in [1.29, 1.82) is 0 Å². The zero-order valence-corrected chi connectivity index (χ0v) is 17.6. The summed E-state index contributed by atoms with van der Waals surface area (Å²) in [5, 5.41) is 16.0. The fraction of sp³-hybridized carbons (Fsp3) is 0.0833. The summed E-state index contributed by atoms with van der Waals surface area (Å²) < 4.78 is 1.02. The van der Waals surface area contributed by atoms with Crippen LogP contribution in [0.25, 0.3) is 21.5 Å². The molecule has 0 heterocycles. The van der Waals surface area contributed by atoms with Gasteiger partial charge in [0.1, 0.15) is 6.04 Å². The lowest BCUT2D eigenvalue weighted by Crippen LogP contribution is -2.42. The van der Waals surface area contributed by atoms with Gasteiger partial charge < -0.3 is 10.4 Å². The Labute approximate surface area is 181 Å². The number of carboxylic acid groups (broad SMARTS) is 1. The number of nitrogens with one attached hydrogen (secondary N) is 1. The molecule has 0 saturated carbocycles. The summed E-state index contributed by atoms with van der Waals surface area (Å²) in [5.74, 6) is -1.43. The van der Waals surface area contributed by atoms with E-state index < -0.39 is 12.0 Å². The third kappa shape index (κ3) is 4.10. The second kappa shape index (κ2) is 8.21. The van der Waals surface area contributed by atoms with E-state index in [1.54, 1.807) is 0 Å². The van der Waals surface area contributed by atoms with Crippen LogP contribution in [0, 0.1) is 3.57 Å². The molecule has 0 radical (unpaired) electrons. The highest BCUT2D eigenvalue weighted by molar-refractivity contribution is 14.1. The third-order valence-electron chi connectivity index (χ3n) is 4.93. The molecule has 144 valence electrons. The zero-order valence-electron chi connectivity index (χ0n) is 15.4. The number of rotatable bonds is 5. The fourth-order valence-electron chi connectivity index (χ4n) is 3.59. The van der Waals surface area contributed by atoms with Gasteiger partial charge >= 0.3 is 5.97 Å². The molecular weight excluding hydrogens is 477 g/mol. The molecule has 0 unspecified atom stereocenters. The largest absolute Gasteiger partial charge is 0.480 e. The number of benzene rings is 4. The van der Waals surface area contributed by atoms with Crippen LogP contribution in [-0.4, -0.2) is 23.0 Å². The monoisotopic (exact) mass is 495 g/mol. The van der Waals surface area contributed by atoms with Crippen molar-refractivity contribution in [2.45, 2.75) is 12.5 Å². The summed E-state index contributed by atoms with van der Waals surface area (Å²) in [5.41, 5.74) is 1.37. The molecule has 4 rings (SSSR count). The molecule has 5 heteroatoms. The number of carboxylic acids is 1. The average Bonchev–Trinajstić information content (AvgIpc) is 2.71. The Hall–Kier alpha value is -2.93. The molecule has 2 N–H and O–H groups in total. The number of aliphatic carboxylic acids is 1. The third-order valence-corrected chi connectivity index (χ3v) is 5.60. The van der Waals surface area contributed by atoms with Crippen LogP contribution >= 0.6 is 22.6 Å². The number of fused-ring (bicyclic) bond motifs is 2. The highest BCUT2D eigenvalue weighted by Gasteiger charge is 2.23. The predicted molar refractivity (Wildman–Crippen MR) is 123 cm³/mol. The van der Waals surface area contributed by atoms with Crippen molar-refractivity contribution in [3.63, 3.8) is 0 Å². The van der Waals surface area contributed by atoms with Crippen molar-refractivity contribution in [1.82, 2.24) is 5.32 Å². The van der Waals surface area contributed by atoms with Crippen LogP contribution in [0.1, 0.15) is 15.9 Å². The van der Waals surface area contributed by atoms with E-state index in [2.05, 4.69) is 27.9 Å². The minimum Gasteiger partial charge on any atom is -0.480 e. The Kier molecular flexibility index (Phi) is 5.49. The Bertz CT molecular complexity index is 1180. The summed E-state index contributed by atoms with van der Waals surface area (Å²) in [6.45, 7) is 0. The molecule has 4 aromatic carbocycles. The van der Waals surface area contributed by atoms with Crippen molar-refractivity contribution >= 4 is 56.0 Å². The average molecular weight is 495 g/mol. The summed E-state index contributed by atoms with van der Waals surface area (Å²) in [7, 11) is 0. The number of amides is 1. The quantitative estimate of drug-likeness (QED) is 0.302. The first-order valence-electron chi connectivity index (χ1n) is 9.21. The summed E-state index contributed by atoms with van der Waals surface area (Å²) in [4.78, 5) is 25.1. The molecular formula is C24H18INO3.